The molecule has 4 heteroatoms. The third-order valence-electron chi connectivity index (χ3n) is 8.18. The van der Waals surface area contributed by atoms with Gasteiger partial charge in [0.05, 0.1) is 22.7 Å². The maximum Gasteiger partial charge on any atom is 0.208 e. The maximum atomic E-state index is 10.4. The Morgan fingerprint density at radius 1 is 0.829 bits per heavy atom. The quantitative estimate of drug-likeness (QED) is 0.222. The van der Waals surface area contributed by atoms with Crippen molar-refractivity contribution in [2.24, 2.45) is 7.05 Å². The first kappa shape index (κ1) is 26.6. The van der Waals surface area contributed by atoms with E-state index in [0.717, 1.165) is 43.8 Å². The van der Waals surface area contributed by atoms with Gasteiger partial charge in [-0.05, 0) is 52.3 Å². The fourth-order valence-electron chi connectivity index (χ4n) is 5.66. The van der Waals surface area contributed by atoms with Crippen molar-refractivity contribution in [3.8, 4) is 11.8 Å². The van der Waals surface area contributed by atoms with Gasteiger partial charge >= 0.3 is 0 Å². The fraction of sp³-hybridized carbons (Fsp3) is 0.243. The summed E-state index contributed by atoms with van der Waals surface area (Å²) in [6.45, 7) is 17.8. The number of rotatable bonds is 2. The van der Waals surface area contributed by atoms with Gasteiger partial charge in [0.2, 0.25) is 5.69 Å². The highest BCUT2D eigenvalue weighted by Crippen LogP contribution is 2.39. The molecule has 0 bridgehead atoms. The van der Waals surface area contributed by atoms with Crippen LogP contribution in [0.2, 0.25) is 0 Å². The Morgan fingerprint density at radius 3 is 1.95 bits per heavy atom. The van der Waals surface area contributed by atoms with E-state index in [2.05, 4.69) is 95.2 Å². The highest BCUT2D eigenvalue weighted by atomic mass is 16.3. The summed E-state index contributed by atoms with van der Waals surface area (Å²) in [6.07, 6.45) is 4.02. The zero-order valence-corrected chi connectivity index (χ0v) is 25.0. The summed E-state index contributed by atoms with van der Waals surface area (Å²) < 4.78 is 10.9. The van der Waals surface area contributed by atoms with Crippen molar-refractivity contribution in [2.45, 2.75) is 52.4 Å². The second-order valence-corrected chi connectivity index (χ2v) is 13.1. The minimum absolute atomic E-state index is 0.0331. The Balaban J connectivity index is 1.80. The Kier molecular flexibility index (Phi) is 5.97. The number of furan rings is 1. The summed E-state index contributed by atoms with van der Waals surface area (Å²) >= 11 is 0. The molecule has 0 amide bonds. The minimum atomic E-state index is -0.0331. The van der Waals surface area contributed by atoms with Gasteiger partial charge < -0.3 is 8.98 Å². The van der Waals surface area contributed by atoms with E-state index in [1.165, 1.54) is 11.1 Å². The summed E-state index contributed by atoms with van der Waals surface area (Å²) in [5.74, 6) is 0. The number of hydrogen-bond donors (Lipinski definition) is 0. The third-order valence-corrected chi connectivity index (χ3v) is 8.18. The zero-order chi connectivity index (χ0) is 29.3. The van der Waals surface area contributed by atoms with Gasteiger partial charge in [-0.3, -0.25) is 0 Å². The van der Waals surface area contributed by atoms with Crippen molar-refractivity contribution in [2.75, 3.05) is 0 Å². The smallest absolute Gasteiger partial charge is 0.208 e. The molecule has 0 aliphatic rings. The molecule has 4 nitrogen and oxygen atoms in total. The van der Waals surface area contributed by atoms with Gasteiger partial charge in [-0.2, -0.15) is 5.26 Å². The molecule has 6 aromatic rings. The molecular weight excluding hydrogens is 502 g/mol. The molecule has 0 saturated heterocycles. The minimum Gasteiger partial charge on any atom is -0.454 e. The highest BCUT2D eigenvalue weighted by Gasteiger charge is 2.24. The van der Waals surface area contributed by atoms with Gasteiger partial charge in [0.1, 0.15) is 24.2 Å². The normalized spacial score (nSPS) is 13.0. The topological polar surface area (TPSA) is 45.7 Å². The third kappa shape index (κ3) is 4.33. The Labute approximate surface area is 241 Å². The fourth-order valence-corrected chi connectivity index (χ4v) is 5.66. The lowest BCUT2D eigenvalue weighted by Crippen LogP contribution is -2.32. The predicted octanol–water partition coefficient (Wildman–Crippen LogP) is 7.06. The number of hydrogen-bond acceptors (Lipinski definition) is 2. The van der Waals surface area contributed by atoms with Crippen LogP contribution in [-0.4, -0.2) is 4.57 Å². The van der Waals surface area contributed by atoms with Crippen molar-refractivity contribution in [1.82, 2.24) is 4.57 Å². The zero-order valence-electron chi connectivity index (χ0n) is 25.0. The molecule has 0 fully saturated rings. The predicted molar refractivity (Wildman–Crippen MR) is 169 cm³/mol. The number of nitriles is 1. The van der Waals surface area contributed by atoms with Crippen molar-refractivity contribution < 1.29 is 8.98 Å². The number of fused-ring (bicyclic) bond motifs is 4. The lowest BCUT2D eigenvalue weighted by Gasteiger charge is -2.20. The van der Waals surface area contributed by atoms with E-state index >= 15 is 0 Å². The standard InChI is InChI=1S/C37H36N3O/c1-23-28-15-12-24(22-38)34(35(28)41-33(23)21-27-11-9-10-18-39(27)8)40-31-19-25(36(2,3)4)13-16-29(31)30-17-14-26(20-32(30)40)37(5,6)7/h9-21H,1H2,2-8H3/q+1/b33-21-. The second kappa shape index (κ2) is 9.21. The first-order chi connectivity index (χ1) is 19.4. The number of benzene rings is 3. The van der Waals surface area contributed by atoms with E-state index in [0.29, 0.717) is 16.6 Å². The molecular formula is C37H36N3O+. The lowest BCUT2D eigenvalue weighted by molar-refractivity contribution is -0.673. The largest absolute Gasteiger partial charge is 0.454 e. The van der Waals surface area contributed by atoms with Crippen LogP contribution in [0.1, 0.15) is 63.9 Å². The van der Waals surface area contributed by atoms with Crippen LogP contribution < -0.4 is 15.2 Å². The van der Waals surface area contributed by atoms with Crippen molar-refractivity contribution in [1.29, 1.82) is 5.26 Å². The molecule has 3 aromatic heterocycles. The van der Waals surface area contributed by atoms with Crippen LogP contribution in [-0.2, 0) is 17.9 Å². The number of nitrogens with zero attached hydrogens (tertiary/aromatic N) is 3. The molecule has 0 radical (unpaired) electrons. The second-order valence-electron chi connectivity index (χ2n) is 13.1. The molecule has 41 heavy (non-hydrogen) atoms. The monoisotopic (exact) mass is 538 g/mol. The van der Waals surface area contributed by atoms with Crippen LogP contribution in [0.5, 0.6) is 0 Å². The van der Waals surface area contributed by atoms with Crippen LogP contribution in [0, 0.1) is 11.3 Å². The van der Waals surface area contributed by atoms with E-state index in [-0.39, 0.29) is 10.8 Å². The molecule has 0 unspecified atom stereocenters. The Hall–Kier alpha value is -4.62. The van der Waals surface area contributed by atoms with Crippen LogP contribution in [0.3, 0.4) is 0 Å². The average molecular weight is 539 g/mol. The molecule has 0 atom stereocenters. The molecule has 0 aliphatic carbocycles. The summed E-state index contributed by atoms with van der Waals surface area (Å²) in [7, 11) is 2.01. The van der Waals surface area contributed by atoms with E-state index < -0.39 is 0 Å². The molecule has 3 aromatic carbocycles. The Bertz CT molecular complexity index is 2080. The molecule has 0 aliphatic heterocycles. The average Bonchev–Trinajstić information content (AvgIpc) is 3.41. The van der Waals surface area contributed by atoms with Gasteiger partial charge in [0.15, 0.2) is 11.8 Å². The molecule has 0 spiro atoms. The van der Waals surface area contributed by atoms with Crippen LogP contribution in [0.15, 0.2) is 77.3 Å². The van der Waals surface area contributed by atoms with Crippen molar-refractivity contribution in [3.05, 3.63) is 106 Å². The van der Waals surface area contributed by atoms with Gasteiger partial charge in [-0.15, -0.1) is 0 Å². The summed E-state index contributed by atoms with van der Waals surface area (Å²) in [5.41, 5.74) is 8.19. The lowest BCUT2D eigenvalue weighted by atomic mass is 9.86. The summed E-state index contributed by atoms with van der Waals surface area (Å²) in [4.78, 5) is 0. The van der Waals surface area contributed by atoms with Crippen LogP contribution in [0.4, 0.5) is 0 Å². The molecule has 0 saturated carbocycles. The molecule has 204 valence electrons. The van der Waals surface area contributed by atoms with E-state index in [1.807, 2.05) is 54.2 Å². The summed E-state index contributed by atoms with van der Waals surface area (Å²) in [6, 6.07) is 25.8. The molecule has 3 heterocycles. The van der Waals surface area contributed by atoms with Gasteiger partial charge in [0, 0.05) is 33.5 Å². The van der Waals surface area contributed by atoms with E-state index in [4.69, 9.17) is 4.42 Å². The van der Waals surface area contributed by atoms with Gasteiger partial charge in [-0.1, -0.05) is 72.4 Å². The number of pyridine rings is 1. The number of aryl methyl sites for hydroxylation is 1. The number of aromatic nitrogens is 2. The first-order valence-corrected chi connectivity index (χ1v) is 14.1. The maximum absolute atomic E-state index is 10.4. The van der Waals surface area contributed by atoms with E-state index in [1.54, 1.807) is 0 Å². The first-order valence-electron chi connectivity index (χ1n) is 14.1. The van der Waals surface area contributed by atoms with Crippen LogP contribution in [0.25, 0.3) is 51.1 Å². The molecule has 0 N–H and O–H groups in total. The summed E-state index contributed by atoms with van der Waals surface area (Å²) in [5, 5.41) is 14.4. The van der Waals surface area contributed by atoms with Crippen molar-refractivity contribution in [3.63, 3.8) is 0 Å². The SMILES string of the molecule is C=c1/c(=C/c2cccc[n+]2C)oc2c(-n3c4cc(C(C)(C)C)ccc4c4ccc(C(C)(C)C)cc43)c(C#N)ccc12. The van der Waals surface area contributed by atoms with Crippen LogP contribution >= 0.6 is 0 Å². The van der Waals surface area contributed by atoms with Gasteiger partial charge in [-0.25, -0.2) is 4.57 Å². The highest BCUT2D eigenvalue weighted by molar-refractivity contribution is 6.11. The van der Waals surface area contributed by atoms with Gasteiger partial charge in [0.25, 0.3) is 0 Å². The van der Waals surface area contributed by atoms with Crippen molar-refractivity contribution >= 4 is 45.4 Å². The Morgan fingerprint density at radius 2 is 1.41 bits per heavy atom. The molecule has 6 rings (SSSR count). The van der Waals surface area contributed by atoms with E-state index in [9.17, 15) is 5.26 Å².